The normalized spacial score (nSPS) is 14.3. The number of rotatable bonds is 11. The Balaban J connectivity index is 1.76. The summed E-state index contributed by atoms with van der Waals surface area (Å²) in [5, 5.41) is 4.71. The molecule has 182 valence electrons. The second-order valence-corrected chi connectivity index (χ2v) is 8.26. The van der Waals surface area contributed by atoms with Crippen LogP contribution in [0.1, 0.15) is 12.0 Å². The van der Waals surface area contributed by atoms with Gasteiger partial charge in [-0.05, 0) is 30.8 Å². The third-order valence-electron chi connectivity index (χ3n) is 5.66. The Bertz CT molecular complexity index is 977. The summed E-state index contributed by atoms with van der Waals surface area (Å²) in [4.78, 5) is 20.3. The number of hydrogen-bond donors (Lipinski definition) is 2. The molecule has 0 amide bonds. The number of methoxy groups -OCH3 is 3. The van der Waals surface area contributed by atoms with Gasteiger partial charge in [-0.3, -0.25) is 9.69 Å². The van der Waals surface area contributed by atoms with Gasteiger partial charge >= 0.3 is 0 Å². The lowest BCUT2D eigenvalue weighted by Gasteiger charge is -2.29. The highest BCUT2D eigenvalue weighted by Gasteiger charge is 2.16. The van der Waals surface area contributed by atoms with Crippen LogP contribution in [0, 0.1) is 0 Å². The molecular weight excluding hydrogens is 444 g/mol. The molecular formula is C23H34N4O5S. The van der Waals surface area contributed by atoms with Gasteiger partial charge in [-0.15, -0.1) is 0 Å². The number of fused-ring (bicyclic) bond motifs is 1. The van der Waals surface area contributed by atoms with Crippen LogP contribution in [0.2, 0.25) is 0 Å². The molecule has 1 aliphatic rings. The molecule has 1 aromatic heterocycles. The average Bonchev–Trinajstić information content (AvgIpc) is 2.83. The molecule has 1 aliphatic heterocycles. The van der Waals surface area contributed by atoms with Crippen LogP contribution in [-0.2, 0) is 16.0 Å². The van der Waals surface area contributed by atoms with E-state index in [4.69, 9.17) is 31.2 Å². The molecule has 0 bridgehead atoms. The molecule has 2 heterocycles. The van der Waals surface area contributed by atoms with E-state index in [1.165, 1.54) is 0 Å². The van der Waals surface area contributed by atoms with Crippen LogP contribution in [0.4, 0.5) is 0 Å². The summed E-state index contributed by atoms with van der Waals surface area (Å²) >= 11 is 5.65. The minimum Gasteiger partial charge on any atom is -0.493 e. The van der Waals surface area contributed by atoms with E-state index in [9.17, 15) is 4.79 Å². The van der Waals surface area contributed by atoms with Gasteiger partial charge in [-0.1, -0.05) is 0 Å². The molecule has 10 heteroatoms. The highest BCUT2D eigenvalue weighted by atomic mass is 32.1. The number of ether oxygens (including phenoxy) is 4. The van der Waals surface area contributed by atoms with Gasteiger partial charge < -0.3 is 34.1 Å². The van der Waals surface area contributed by atoms with E-state index in [-0.39, 0.29) is 5.56 Å². The molecule has 2 aromatic rings. The molecule has 2 N–H and O–H groups in total. The maximum absolute atomic E-state index is 12.9. The summed E-state index contributed by atoms with van der Waals surface area (Å²) in [5.41, 5.74) is 1.19. The molecule has 1 fully saturated rings. The monoisotopic (exact) mass is 478 g/mol. The number of aromatic nitrogens is 1. The summed E-state index contributed by atoms with van der Waals surface area (Å²) in [6, 6.07) is 5.53. The predicted molar refractivity (Wildman–Crippen MR) is 132 cm³/mol. The van der Waals surface area contributed by atoms with Gasteiger partial charge in [-0.2, -0.15) is 0 Å². The van der Waals surface area contributed by atoms with Crippen molar-refractivity contribution in [1.82, 2.24) is 20.1 Å². The zero-order valence-corrected chi connectivity index (χ0v) is 20.5. The summed E-state index contributed by atoms with van der Waals surface area (Å²) in [5.74, 6) is 1.18. The quantitative estimate of drug-likeness (QED) is 0.369. The summed E-state index contributed by atoms with van der Waals surface area (Å²) in [6.07, 6.45) is 0.933. The second-order valence-electron chi connectivity index (χ2n) is 7.87. The number of aromatic amines is 1. The molecule has 1 aromatic carbocycles. The van der Waals surface area contributed by atoms with E-state index in [2.05, 4.69) is 15.2 Å². The fraction of sp³-hybridized carbons (Fsp3) is 0.565. The maximum atomic E-state index is 12.9. The molecule has 0 radical (unpaired) electrons. The van der Waals surface area contributed by atoms with Gasteiger partial charge in [0.2, 0.25) is 0 Å². The second kappa shape index (κ2) is 12.7. The van der Waals surface area contributed by atoms with Crippen molar-refractivity contribution in [2.75, 3.05) is 73.9 Å². The van der Waals surface area contributed by atoms with Gasteiger partial charge in [0, 0.05) is 56.8 Å². The molecule has 1 saturated heterocycles. The first-order valence-corrected chi connectivity index (χ1v) is 11.6. The number of nitrogens with one attached hydrogen (secondary N) is 2. The highest BCUT2D eigenvalue weighted by Crippen LogP contribution is 2.31. The lowest BCUT2D eigenvalue weighted by Crippen LogP contribution is -2.43. The van der Waals surface area contributed by atoms with Gasteiger partial charge in [-0.25, -0.2) is 0 Å². The van der Waals surface area contributed by atoms with E-state index in [0.717, 1.165) is 51.2 Å². The molecule has 0 saturated carbocycles. The van der Waals surface area contributed by atoms with Crippen molar-refractivity contribution < 1.29 is 18.9 Å². The molecule has 0 spiro atoms. The van der Waals surface area contributed by atoms with Crippen molar-refractivity contribution in [2.24, 2.45) is 0 Å². The standard InChI is InChI=1S/C23H34N4O5S/c1-29-10-5-24-23(33)27(7-4-6-26-8-11-32-12-9-26)16-18-13-17-14-20(30-2)21(31-3)15-19(17)25-22(18)28/h13-15H,4-12,16H2,1-3H3,(H,24,33)(H,25,28). The number of nitrogens with zero attached hydrogens (tertiary/aromatic N) is 2. The first-order valence-electron chi connectivity index (χ1n) is 11.2. The molecule has 0 unspecified atom stereocenters. The van der Waals surface area contributed by atoms with E-state index in [1.807, 2.05) is 17.0 Å². The third kappa shape index (κ3) is 7.04. The van der Waals surface area contributed by atoms with Crippen LogP contribution in [0.25, 0.3) is 10.9 Å². The number of morpholine rings is 1. The van der Waals surface area contributed by atoms with E-state index < -0.39 is 0 Å². The van der Waals surface area contributed by atoms with Gasteiger partial charge in [0.05, 0.1) is 46.1 Å². The first kappa shape index (κ1) is 25.2. The first-order chi connectivity index (χ1) is 16.0. The van der Waals surface area contributed by atoms with Crippen LogP contribution in [0.5, 0.6) is 11.5 Å². The highest BCUT2D eigenvalue weighted by molar-refractivity contribution is 7.80. The van der Waals surface area contributed by atoms with Crippen LogP contribution < -0.4 is 20.3 Å². The van der Waals surface area contributed by atoms with Gasteiger partial charge in [0.15, 0.2) is 16.6 Å². The van der Waals surface area contributed by atoms with Crippen LogP contribution in [0.3, 0.4) is 0 Å². The zero-order chi connectivity index (χ0) is 23.6. The van der Waals surface area contributed by atoms with Gasteiger partial charge in [0.25, 0.3) is 5.56 Å². The Morgan fingerprint density at radius 2 is 1.91 bits per heavy atom. The van der Waals surface area contributed by atoms with Crippen LogP contribution in [0.15, 0.2) is 23.0 Å². The van der Waals surface area contributed by atoms with Crippen molar-refractivity contribution in [1.29, 1.82) is 0 Å². The Hall–Kier alpha value is -2.40. The van der Waals surface area contributed by atoms with Crippen LogP contribution in [-0.4, -0.2) is 93.8 Å². The summed E-state index contributed by atoms with van der Waals surface area (Å²) < 4.78 is 21.3. The van der Waals surface area contributed by atoms with E-state index in [0.29, 0.717) is 47.4 Å². The fourth-order valence-electron chi connectivity index (χ4n) is 3.84. The number of H-pyrrole nitrogens is 1. The number of hydrogen-bond acceptors (Lipinski definition) is 7. The van der Waals surface area contributed by atoms with Crippen LogP contribution >= 0.6 is 12.2 Å². The maximum Gasteiger partial charge on any atom is 0.253 e. The molecule has 0 atom stereocenters. The van der Waals surface area contributed by atoms with Gasteiger partial charge in [0.1, 0.15) is 0 Å². The smallest absolute Gasteiger partial charge is 0.253 e. The zero-order valence-electron chi connectivity index (χ0n) is 19.6. The molecule has 0 aliphatic carbocycles. The Morgan fingerprint density at radius 1 is 1.18 bits per heavy atom. The fourth-order valence-corrected chi connectivity index (χ4v) is 4.09. The van der Waals surface area contributed by atoms with Crippen molar-refractivity contribution in [3.63, 3.8) is 0 Å². The van der Waals surface area contributed by atoms with Crippen molar-refractivity contribution in [3.8, 4) is 11.5 Å². The number of benzene rings is 1. The Labute approximate surface area is 199 Å². The van der Waals surface area contributed by atoms with Crippen molar-refractivity contribution in [3.05, 3.63) is 34.1 Å². The van der Waals surface area contributed by atoms with Crippen molar-refractivity contribution >= 4 is 28.2 Å². The summed E-state index contributed by atoms with van der Waals surface area (Å²) in [6.45, 7) is 6.73. The Kier molecular flexibility index (Phi) is 9.74. The summed E-state index contributed by atoms with van der Waals surface area (Å²) in [7, 11) is 4.82. The molecule has 9 nitrogen and oxygen atoms in total. The van der Waals surface area contributed by atoms with E-state index in [1.54, 1.807) is 27.4 Å². The van der Waals surface area contributed by atoms with Crippen molar-refractivity contribution in [2.45, 2.75) is 13.0 Å². The number of thiocarbonyl (C=S) groups is 1. The lowest BCUT2D eigenvalue weighted by molar-refractivity contribution is 0.0367. The largest absolute Gasteiger partial charge is 0.493 e. The minimum absolute atomic E-state index is 0.146. The SMILES string of the molecule is COCCNC(=S)N(CCCN1CCOCC1)Cc1cc2cc(OC)c(OC)cc2[nH]c1=O. The molecule has 3 rings (SSSR count). The number of pyridine rings is 1. The predicted octanol–water partition coefficient (Wildman–Crippen LogP) is 1.59. The van der Waals surface area contributed by atoms with E-state index >= 15 is 0 Å². The third-order valence-corrected chi connectivity index (χ3v) is 6.06. The lowest BCUT2D eigenvalue weighted by atomic mass is 10.1. The topological polar surface area (TPSA) is 88.3 Å². The Morgan fingerprint density at radius 3 is 2.61 bits per heavy atom. The minimum atomic E-state index is -0.146. The molecule has 33 heavy (non-hydrogen) atoms. The average molecular weight is 479 g/mol.